The highest BCUT2D eigenvalue weighted by atomic mass is 32.1. The van der Waals surface area contributed by atoms with Crippen molar-refractivity contribution >= 4 is 23.4 Å². The molecular weight excluding hydrogens is 253 g/mol. The van der Waals surface area contributed by atoms with Gasteiger partial charge in [-0.15, -0.1) is 5.10 Å². The highest BCUT2D eigenvalue weighted by molar-refractivity contribution is 7.71. The number of aromatic nitrogens is 5. The average Bonchev–Trinajstić information content (AvgIpc) is 2.77. The second kappa shape index (κ2) is 4.26. The number of H-pyrrole nitrogens is 1. The van der Waals surface area contributed by atoms with Gasteiger partial charge in [-0.1, -0.05) is 35.6 Å². The highest BCUT2D eigenvalue weighted by Gasteiger charge is 2.09. The summed E-state index contributed by atoms with van der Waals surface area (Å²) in [5.41, 5.74) is 1.70. The van der Waals surface area contributed by atoms with Gasteiger partial charge in [-0.25, -0.2) is 14.1 Å². The average molecular weight is 261 g/mol. The Morgan fingerprint density at radius 3 is 3.00 bits per heavy atom. The Labute approximate surface area is 106 Å². The molecule has 0 aliphatic heterocycles. The maximum atomic E-state index is 13.6. The molecule has 0 radical (unpaired) electrons. The van der Waals surface area contributed by atoms with E-state index in [0.29, 0.717) is 27.9 Å². The highest BCUT2D eigenvalue weighted by Crippen LogP contribution is 2.12. The van der Waals surface area contributed by atoms with E-state index in [0.717, 1.165) is 0 Å². The van der Waals surface area contributed by atoms with Crippen LogP contribution in [0.15, 0.2) is 30.6 Å². The fourth-order valence-corrected chi connectivity index (χ4v) is 1.90. The minimum absolute atomic E-state index is 0.270. The molecule has 2 aromatic heterocycles. The molecule has 3 rings (SSSR count). The first kappa shape index (κ1) is 11.0. The van der Waals surface area contributed by atoms with Gasteiger partial charge in [0.25, 0.3) is 0 Å². The number of halogens is 1. The zero-order chi connectivity index (χ0) is 12.5. The lowest BCUT2D eigenvalue weighted by Crippen LogP contribution is -2.04. The van der Waals surface area contributed by atoms with Crippen molar-refractivity contribution in [2.24, 2.45) is 0 Å². The monoisotopic (exact) mass is 261 g/mol. The van der Waals surface area contributed by atoms with Crippen molar-refractivity contribution in [2.75, 3.05) is 0 Å². The minimum atomic E-state index is -0.270. The summed E-state index contributed by atoms with van der Waals surface area (Å²) in [5, 5.41) is 7.89. The molecule has 0 spiro atoms. The first-order valence-corrected chi connectivity index (χ1v) is 5.67. The number of aromatic amines is 1. The zero-order valence-corrected chi connectivity index (χ0v) is 9.99. The fraction of sp³-hybridized carbons (Fsp3) is 0.0909. The van der Waals surface area contributed by atoms with Crippen LogP contribution in [-0.4, -0.2) is 25.0 Å². The van der Waals surface area contributed by atoms with E-state index >= 15 is 0 Å². The van der Waals surface area contributed by atoms with Crippen LogP contribution in [0, 0.1) is 10.5 Å². The van der Waals surface area contributed by atoms with Gasteiger partial charge in [-0.2, -0.15) is 0 Å². The predicted molar refractivity (Wildman–Crippen MR) is 66.0 cm³/mol. The van der Waals surface area contributed by atoms with Gasteiger partial charge in [0, 0.05) is 5.56 Å². The van der Waals surface area contributed by atoms with E-state index in [2.05, 4.69) is 20.3 Å². The Kier molecular flexibility index (Phi) is 2.60. The maximum Gasteiger partial charge on any atom is 0.166 e. The molecule has 0 fully saturated rings. The Bertz CT molecular complexity index is 763. The predicted octanol–water partition coefficient (Wildman–Crippen LogP) is 2.07. The smallest absolute Gasteiger partial charge is 0.166 e. The Balaban J connectivity index is 2.09. The lowest BCUT2D eigenvalue weighted by Gasteiger charge is -2.03. The van der Waals surface area contributed by atoms with Crippen LogP contribution in [0.4, 0.5) is 4.39 Å². The second-order valence-electron chi connectivity index (χ2n) is 3.74. The fourth-order valence-electron chi connectivity index (χ4n) is 1.71. The Hall–Kier alpha value is -2.15. The number of hydrogen-bond acceptors (Lipinski definition) is 4. The maximum absolute atomic E-state index is 13.6. The van der Waals surface area contributed by atoms with Gasteiger partial charge >= 0.3 is 0 Å². The molecule has 7 heteroatoms. The molecule has 0 aliphatic rings. The van der Waals surface area contributed by atoms with Gasteiger partial charge in [-0.3, -0.25) is 0 Å². The molecule has 0 aliphatic carbocycles. The van der Waals surface area contributed by atoms with Gasteiger partial charge in [0.2, 0.25) is 0 Å². The molecule has 5 nitrogen and oxygen atoms in total. The molecule has 1 aromatic carbocycles. The molecule has 2 heterocycles. The van der Waals surface area contributed by atoms with Crippen LogP contribution < -0.4 is 0 Å². The summed E-state index contributed by atoms with van der Waals surface area (Å²) in [5.74, 6) is -0.270. The quantitative estimate of drug-likeness (QED) is 0.717. The van der Waals surface area contributed by atoms with E-state index in [4.69, 9.17) is 12.2 Å². The second-order valence-corrected chi connectivity index (χ2v) is 4.13. The van der Waals surface area contributed by atoms with E-state index in [9.17, 15) is 4.39 Å². The van der Waals surface area contributed by atoms with Crippen LogP contribution in [0.5, 0.6) is 0 Å². The van der Waals surface area contributed by atoms with E-state index in [1.165, 1.54) is 12.4 Å². The van der Waals surface area contributed by atoms with Crippen LogP contribution in [0.1, 0.15) is 5.56 Å². The molecule has 1 N–H and O–H groups in total. The molecule has 0 unspecified atom stereocenters. The summed E-state index contributed by atoms with van der Waals surface area (Å²) in [6, 6.07) is 6.55. The van der Waals surface area contributed by atoms with E-state index in [-0.39, 0.29) is 5.82 Å². The molecule has 18 heavy (non-hydrogen) atoms. The molecular formula is C11H8FN5S. The van der Waals surface area contributed by atoms with Crippen molar-refractivity contribution in [1.29, 1.82) is 0 Å². The van der Waals surface area contributed by atoms with Gasteiger partial charge in [0.15, 0.2) is 15.8 Å². The Morgan fingerprint density at radius 2 is 2.17 bits per heavy atom. The summed E-state index contributed by atoms with van der Waals surface area (Å²) in [7, 11) is 0. The van der Waals surface area contributed by atoms with Crippen LogP contribution in [0.25, 0.3) is 11.2 Å². The van der Waals surface area contributed by atoms with Gasteiger partial charge < -0.3 is 4.98 Å². The van der Waals surface area contributed by atoms with E-state index in [1.54, 1.807) is 22.9 Å². The van der Waals surface area contributed by atoms with Crippen molar-refractivity contribution in [3.63, 3.8) is 0 Å². The van der Waals surface area contributed by atoms with Gasteiger partial charge in [-0.05, 0) is 6.07 Å². The van der Waals surface area contributed by atoms with E-state index in [1.807, 2.05) is 0 Å². The van der Waals surface area contributed by atoms with Crippen molar-refractivity contribution < 1.29 is 4.39 Å². The number of benzene rings is 1. The molecule has 0 saturated heterocycles. The summed E-state index contributed by atoms with van der Waals surface area (Å²) >= 11 is 5.04. The number of nitrogens with one attached hydrogen (secondary N) is 1. The molecule has 90 valence electrons. The lowest BCUT2D eigenvalue weighted by atomic mass is 10.2. The summed E-state index contributed by atoms with van der Waals surface area (Å²) in [6.45, 7) is 0.290. The third kappa shape index (κ3) is 1.78. The van der Waals surface area contributed by atoms with Crippen molar-refractivity contribution in [3.05, 3.63) is 46.6 Å². The van der Waals surface area contributed by atoms with Crippen LogP contribution in [0.2, 0.25) is 0 Å². The number of nitrogens with zero attached hydrogens (tertiary/aromatic N) is 4. The largest absolute Gasteiger partial charge is 0.329 e. The summed E-state index contributed by atoms with van der Waals surface area (Å²) in [4.78, 5) is 6.83. The SMILES string of the molecule is Fc1ccccc1Cn1nnc2c(=S)nc[nH]c21. The van der Waals surface area contributed by atoms with Crippen LogP contribution in [-0.2, 0) is 6.54 Å². The molecule has 0 saturated carbocycles. The Morgan fingerprint density at radius 1 is 1.33 bits per heavy atom. The number of rotatable bonds is 2. The van der Waals surface area contributed by atoms with Crippen LogP contribution in [0.3, 0.4) is 0 Å². The van der Waals surface area contributed by atoms with Crippen molar-refractivity contribution in [1.82, 2.24) is 25.0 Å². The van der Waals surface area contributed by atoms with Gasteiger partial charge in [0.05, 0.1) is 12.9 Å². The standard InChI is InChI=1S/C11H8FN5S/c12-8-4-2-1-3-7(8)5-17-10-9(15-16-17)11(18)14-6-13-10/h1-4,6H,5H2,(H,13,14,18). The van der Waals surface area contributed by atoms with Crippen molar-refractivity contribution in [2.45, 2.75) is 6.54 Å². The molecule has 0 atom stereocenters. The lowest BCUT2D eigenvalue weighted by molar-refractivity contribution is 0.582. The van der Waals surface area contributed by atoms with E-state index < -0.39 is 0 Å². The molecule has 3 aromatic rings. The van der Waals surface area contributed by atoms with Crippen molar-refractivity contribution in [3.8, 4) is 0 Å². The molecule has 0 amide bonds. The minimum Gasteiger partial charge on any atom is -0.329 e. The topological polar surface area (TPSA) is 59.4 Å². The third-order valence-electron chi connectivity index (χ3n) is 2.60. The zero-order valence-electron chi connectivity index (χ0n) is 9.17. The van der Waals surface area contributed by atoms with Gasteiger partial charge in [0.1, 0.15) is 5.82 Å². The summed E-state index contributed by atoms with van der Waals surface area (Å²) < 4.78 is 15.5. The summed E-state index contributed by atoms with van der Waals surface area (Å²) in [6.07, 6.45) is 1.48. The number of fused-ring (bicyclic) bond motifs is 1. The van der Waals surface area contributed by atoms with Crippen LogP contribution >= 0.6 is 12.2 Å². The third-order valence-corrected chi connectivity index (χ3v) is 2.90. The first-order valence-electron chi connectivity index (χ1n) is 5.26. The molecule has 0 bridgehead atoms. The number of hydrogen-bond donors (Lipinski definition) is 1. The normalized spacial score (nSPS) is 10.9. The first-order chi connectivity index (χ1) is 8.75.